The van der Waals surface area contributed by atoms with E-state index in [1.165, 1.54) is 6.07 Å². The molecule has 0 spiro atoms. The van der Waals surface area contributed by atoms with E-state index in [9.17, 15) is 14.0 Å². The van der Waals surface area contributed by atoms with Crippen LogP contribution in [0.25, 0.3) is 0 Å². The first-order valence-electron chi connectivity index (χ1n) is 7.99. The first-order valence-corrected chi connectivity index (χ1v) is 7.99. The molecule has 2 amide bonds. The second-order valence-corrected chi connectivity index (χ2v) is 5.88. The molecule has 1 aliphatic rings. The number of nitrogens with two attached hydrogens (primary N) is 1. The molecule has 1 fully saturated rings. The van der Waals surface area contributed by atoms with Crippen LogP contribution >= 0.6 is 0 Å². The first-order chi connectivity index (χ1) is 11.1. The molecule has 5 nitrogen and oxygen atoms in total. The van der Waals surface area contributed by atoms with Gasteiger partial charge in [-0.15, -0.1) is 0 Å². The Morgan fingerprint density at radius 3 is 2.61 bits per heavy atom. The molecule has 0 aromatic heterocycles. The number of benzene rings is 1. The summed E-state index contributed by atoms with van der Waals surface area (Å²) in [6.45, 7) is 1.65. The largest absolute Gasteiger partial charge is 0.491 e. The van der Waals surface area contributed by atoms with Crippen molar-refractivity contribution in [3.63, 3.8) is 0 Å². The third-order valence-corrected chi connectivity index (χ3v) is 4.09. The summed E-state index contributed by atoms with van der Waals surface area (Å²) in [6, 6.07) is 6.23. The number of likely N-dealkylation sites (tertiary alicyclic amines) is 1. The van der Waals surface area contributed by atoms with Crippen LogP contribution in [0.4, 0.5) is 4.39 Å². The van der Waals surface area contributed by atoms with E-state index < -0.39 is 5.82 Å². The molecule has 0 atom stereocenters. The van der Waals surface area contributed by atoms with Crippen LogP contribution in [0, 0.1) is 11.7 Å². The molecule has 126 valence electrons. The van der Waals surface area contributed by atoms with Crippen molar-refractivity contribution in [2.45, 2.75) is 32.1 Å². The lowest BCUT2D eigenvalue weighted by Crippen LogP contribution is -2.39. The Bertz CT molecular complexity index is 542. The molecule has 1 aromatic rings. The number of carbonyl (C=O) groups is 2. The Balaban J connectivity index is 1.64. The van der Waals surface area contributed by atoms with E-state index in [2.05, 4.69) is 0 Å². The molecule has 1 saturated heterocycles. The van der Waals surface area contributed by atoms with Crippen molar-refractivity contribution in [1.29, 1.82) is 0 Å². The number of halogens is 1. The van der Waals surface area contributed by atoms with Gasteiger partial charge in [0.15, 0.2) is 11.6 Å². The summed E-state index contributed by atoms with van der Waals surface area (Å²) in [5.41, 5.74) is 5.20. The first kappa shape index (κ1) is 17.2. The molecule has 0 bridgehead atoms. The van der Waals surface area contributed by atoms with Crippen LogP contribution in [0.2, 0.25) is 0 Å². The van der Waals surface area contributed by atoms with Crippen molar-refractivity contribution in [1.82, 2.24) is 4.90 Å². The number of hydrogen-bond acceptors (Lipinski definition) is 3. The Hall–Kier alpha value is -2.11. The van der Waals surface area contributed by atoms with Gasteiger partial charge in [0.2, 0.25) is 11.8 Å². The van der Waals surface area contributed by atoms with Crippen molar-refractivity contribution >= 4 is 11.8 Å². The molecule has 6 heteroatoms. The molecule has 1 heterocycles. The zero-order chi connectivity index (χ0) is 16.7. The Morgan fingerprint density at radius 1 is 1.26 bits per heavy atom. The zero-order valence-corrected chi connectivity index (χ0v) is 13.2. The molecule has 0 saturated carbocycles. The number of hydrogen-bond donors (Lipinski definition) is 1. The summed E-state index contributed by atoms with van der Waals surface area (Å²) in [5.74, 6) is -0.0803. The minimum atomic E-state index is -0.393. The van der Waals surface area contributed by atoms with E-state index in [0.717, 1.165) is 12.8 Å². The summed E-state index contributed by atoms with van der Waals surface area (Å²) < 4.78 is 18.7. The van der Waals surface area contributed by atoms with Gasteiger partial charge < -0.3 is 15.4 Å². The van der Waals surface area contributed by atoms with Gasteiger partial charge in [-0.3, -0.25) is 9.59 Å². The minimum Gasteiger partial charge on any atom is -0.491 e. The van der Waals surface area contributed by atoms with Crippen LogP contribution in [0.15, 0.2) is 24.3 Å². The number of primary amides is 1. The van der Waals surface area contributed by atoms with Gasteiger partial charge in [-0.25, -0.2) is 4.39 Å². The van der Waals surface area contributed by atoms with E-state index in [4.69, 9.17) is 10.5 Å². The van der Waals surface area contributed by atoms with E-state index in [0.29, 0.717) is 44.9 Å². The summed E-state index contributed by atoms with van der Waals surface area (Å²) in [6.07, 6.45) is 2.97. The van der Waals surface area contributed by atoms with Crippen molar-refractivity contribution in [3.8, 4) is 5.75 Å². The van der Waals surface area contributed by atoms with Crippen LogP contribution < -0.4 is 10.5 Å². The molecule has 1 aromatic carbocycles. The topological polar surface area (TPSA) is 72.6 Å². The SMILES string of the molecule is NC(=O)CC1CCN(C(=O)CCCOc2ccccc2F)CC1. The van der Waals surface area contributed by atoms with Gasteiger partial charge in [-0.1, -0.05) is 12.1 Å². The van der Waals surface area contributed by atoms with Gasteiger partial charge in [-0.05, 0) is 37.3 Å². The zero-order valence-electron chi connectivity index (χ0n) is 13.2. The lowest BCUT2D eigenvalue weighted by atomic mass is 9.93. The van der Waals surface area contributed by atoms with Crippen LogP contribution in [0.1, 0.15) is 32.1 Å². The maximum absolute atomic E-state index is 13.4. The molecular formula is C17H23FN2O3. The van der Waals surface area contributed by atoms with Gasteiger partial charge in [-0.2, -0.15) is 0 Å². The van der Waals surface area contributed by atoms with Gasteiger partial charge in [0.05, 0.1) is 6.61 Å². The van der Waals surface area contributed by atoms with Gasteiger partial charge in [0.25, 0.3) is 0 Å². The average Bonchev–Trinajstić information content (AvgIpc) is 2.53. The van der Waals surface area contributed by atoms with Crippen molar-refractivity contribution < 1.29 is 18.7 Å². The fourth-order valence-electron chi connectivity index (χ4n) is 2.80. The van der Waals surface area contributed by atoms with E-state index >= 15 is 0 Å². The highest BCUT2D eigenvalue weighted by atomic mass is 19.1. The lowest BCUT2D eigenvalue weighted by molar-refractivity contribution is -0.132. The monoisotopic (exact) mass is 322 g/mol. The number of nitrogens with zero attached hydrogens (tertiary/aromatic N) is 1. The Labute approximate surface area is 135 Å². The average molecular weight is 322 g/mol. The highest BCUT2D eigenvalue weighted by Gasteiger charge is 2.23. The van der Waals surface area contributed by atoms with E-state index in [1.807, 2.05) is 4.90 Å². The summed E-state index contributed by atoms with van der Waals surface area (Å²) in [5, 5.41) is 0. The Morgan fingerprint density at radius 2 is 1.96 bits per heavy atom. The van der Waals surface area contributed by atoms with Crippen molar-refractivity contribution in [2.75, 3.05) is 19.7 Å². The van der Waals surface area contributed by atoms with Crippen LogP contribution in [0.3, 0.4) is 0 Å². The van der Waals surface area contributed by atoms with E-state index in [-0.39, 0.29) is 17.6 Å². The summed E-state index contributed by atoms with van der Waals surface area (Å²) in [4.78, 5) is 24.8. The molecule has 2 rings (SSSR count). The van der Waals surface area contributed by atoms with E-state index in [1.54, 1.807) is 18.2 Å². The van der Waals surface area contributed by atoms with Crippen molar-refractivity contribution in [2.24, 2.45) is 11.7 Å². The van der Waals surface area contributed by atoms with Gasteiger partial charge in [0, 0.05) is 25.9 Å². The smallest absolute Gasteiger partial charge is 0.222 e. The Kier molecular flexibility index (Phi) is 6.38. The second-order valence-electron chi connectivity index (χ2n) is 5.88. The van der Waals surface area contributed by atoms with Gasteiger partial charge in [0.1, 0.15) is 0 Å². The standard InChI is InChI=1S/C17H23FN2O3/c18-14-4-1-2-5-15(14)23-11-3-6-17(22)20-9-7-13(8-10-20)12-16(19)21/h1-2,4-5,13H,3,6-12H2,(H2,19,21). The fraction of sp³-hybridized carbons (Fsp3) is 0.529. The number of rotatable bonds is 7. The molecule has 0 unspecified atom stereocenters. The third-order valence-electron chi connectivity index (χ3n) is 4.09. The number of amides is 2. The highest BCUT2D eigenvalue weighted by Crippen LogP contribution is 2.21. The highest BCUT2D eigenvalue weighted by molar-refractivity contribution is 5.76. The third kappa shape index (κ3) is 5.54. The normalized spacial score (nSPS) is 15.4. The maximum atomic E-state index is 13.4. The predicted octanol–water partition coefficient (Wildman–Crippen LogP) is 2.10. The summed E-state index contributed by atoms with van der Waals surface area (Å²) >= 11 is 0. The number of piperidine rings is 1. The molecule has 1 aliphatic heterocycles. The predicted molar refractivity (Wildman–Crippen MR) is 84.2 cm³/mol. The van der Waals surface area contributed by atoms with Crippen LogP contribution in [-0.2, 0) is 9.59 Å². The minimum absolute atomic E-state index is 0.0830. The quantitative estimate of drug-likeness (QED) is 0.781. The fourth-order valence-corrected chi connectivity index (χ4v) is 2.80. The maximum Gasteiger partial charge on any atom is 0.222 e. The number of carbonyl (C=O) groups excluding carboxylic acids is 2. The van der Waals surface area contributed by atoms with Crippen LogP contribution in [0.5, 0.6) is 5.75 Å². The second kappa shape index (κ2) is 8.50. The number of ether oxygens (including phenoxy) is 1. The molecule has 0 radical (unpaired) electrons. The molecular weight excluding hydrogens is 299 g/mol. The van der Waals surface area contributed by atoms with Crippen LogP contribution in [-0.4, -0.2) is 36.4 Å². The summed E-state index contributed by atoms with van der Waals surface area (Å²) in [7, 11) is 0. The number of para-hydroxylation sites is 1. The van der Waals surface area contributed by atoms with Gasteiger partial charge >= 0.3 is 0 Å². The molecule has 0 aliphatic carbocycles. The molecule has 2 N–H and O–H groups in total. The van der Waals surface area contributed by atoms with Crippen molar-refractivity contribution in [3.05, 3.63) is 30.1 Å². The lowest BCUT2D eigenvalue weighted by Gasteiger charge is -2.31. The molecule has 23 heavy (non-hydrogen) atoms.